The molecule has 0 radical (unpaired) electrons. The molecular formula is C24H36N2O2S. The van der Waals surface area contributed by atoms with Gasteiger partial charge in [0, 0.05) is 22.9 Å². The highest BCUT2D eigenvalue weighted by Gasteiger charge is 2.36. The van der Waals surface area contributed by atoms with Crippen LogP contribution >= 0.6 is 11.3 Å². The van der Waals surface area contributed by atoms with E-state index in [0.29, 0.717) is 5.06 Å². The van der Waals surface area contributed by atoms with Gasteiger partial charge < -0.3 is 15.7 Å². The molecule has 2 fully saturated rings. The summed E-state index contributed by atoms with van der Waals surface area (Å²) in [6.07, 6.45) is 15.0. The van der Waals surface area contributed by atoms with Crippen molar-refractivity contribution >= 4 is 28.5 Å². The van der Waals surface area contributed by atoms with Gasteiger partial charge in [-0.1, -0.05) is 24.3 Å². The van der Waals surface area contributed by atoms with E-state index < -0.39 is 0 Å². The molecule has 4 rings (SSSR count). The average molecular weight is 417 g/mol. The molecule has 160 valence electrons. The number of carbonyl (C=O) groups is 1. The number of anilines is 1. The second-order valence-electron chi connectivity index (χ2n) is 9.51. The Morgan fingerprint density at radius 3 is 2.48 bits per heavy atom. The van der Waals surface area contributed by atoms with Crippen LogP contribution in [0.4, 0.5) is 5.69 Å². The largest absolute Gasteiger partial charge is 0.498 e. The molecule has 1 aromatic rings. The average Bonchev–Trinajstić information content (AvgIpc) is 3.12. The van der Waals surface area contributed by atoms with Gasteiger partial charge >= 0.3 is 0 Å². The summed E-state index contributed by atoms with van der Waals surface area (Å²) in [6, 6.07) is 2.50. The first-order valence-electron chi connectivity index (χ1n) is 11.6. The fraction of sp³-hybridized carbons (Fsp3) is 0.708. The number of allylic oxidation sites excluding steroid dienone is 2. The number of aromatic hydroxyl groups is 1. The molecule has 0 aliphatic heterocycles. The van der Waals surface area contributed by atoms with Gasteiger partial charge in [0.15, 0.2) is 5.06 Å². The molecule has 29 heavy (non-hydrogen) atoms. The number of amides is 1. The lowest BCUT2D eigenvalue weighted by Crippen LogP contribution is -2.47. The van der Waals surface area contributed by atoms with Gasteiger partial charge in [-0.25, -0.2) is 0 Å². The van der Waals surface area contributed by atoms with Crippen LogP contribution < -0.4 is 10.6 Å². The lowest BCUT2D eigenvalue weighted by Gasteiger charge is -2.38. The normalized spacial score (nSPS) is 30.6. The molecule has 3 N–H and O–H groups in total. The maximum atomic E-state index is 13.7. The van der Waals surface area contributed by atoms with Crippen LogP contribution in [-0.4, -0.2) is 23.1 Å². The van der Waals surface area contributed by atoms with Crippen molar-refractivity contribution in [3.63, 3.8) is 0 Å². The minimum absolute atomic E-state index is 0.0958. The zero-order chi connectivity index (χ0) is 20.4. The predicted molar refractivity (Wildman–Crippen MR) is 121 cm³/mol. The van der Waals surface area contributed by atoms with Gasteiger partial charge in [-0.2, -0.15) is 0 Å². The van der Waals surface area contributed by atoms with Gasteiger partial charge in [-0.15, -0.1) is 0 Å². The lowest BCUT2D eigenvalue weighted by molar-refractivity contribution is -0.124. The Kier molecular flexibility index (Phi) is 6.65. The quantitative estimate of drug-likeness (QED) is 0.648. The van der Waals surface area contributed by atoms with Gasteiger partial charge in [0.05, 0.1) is 5.69 Å². The van der Waals surface area contributed by atoms with Gasteiger partial charge in [0.1, 0.15) is 0 Å². The van der Waals surface area contributed by atoms with Crippen molar-refractivity contribution in [3.8, 4) is 5.06 Å². The highest BCUT2D eigenvalue weighted by molar-refractivity contribution is 7.15. The summed E-state index contributed by atoms with van der Waals surface area (Å²) < 4.78 is 0. The van der Waals surface area contributed by atoms with Crippen LogP contribution in [-0.2, 0) is 4.79 Å². The molecule has 5 heteroatoms. The van der Waals surface area contributed by atoms with Crippen LogP contribution in [0, 0.1) is 11.8 Å². The Morgan fingerprint density at radius 1 is 1.10 bits per heavy atom. The standard InChI is InChI=1S/C24H36N2O2S/c1-16-7-9-18(10-8-16)23(27)26(20-13-11-19(25)12-14-20)21-15-22(29-24(21)28)17-5-3-2-4-6-17/h5,15-16,18-20,28H,2-4,6-14,25H2,1H3. The van der Waals surface area contributed by atoms with Crippen LogP contribution in [0.1, 0.15) is 88.9 Å². The summed E-state index contributed by atoms with van der Waals surface area (Å²) in [7, 11) is 0. The summed E-state index contributed by atoms with van der Waals surface area (Å²) in [5.41, 5.74) is 8.23. The van der Waals surface area contributed by atoms with E-state index in [-0.39, 0.29) is 23.9 Å². The number of hydrogen-bond donors (Lipinski definition) is 2. The van der Waals surface area contributed by atoms with Crippen molar-refractivity contribution in [2.75, 3.05) is 4.90 Å². The number of nitrogens with two attached hydrogens (primary N) is 1. The molecule has 3 aliphatic carbocycles. The van der Waals surface area contributed by atoms with E-state index in [1.807, 2.05) is 4.90 Å². The molecule has 1 amide bonds. The first-order valence-corrected chi connectivity index (χ1v) is 12.5. The molecule has 3 aliphatic rings. The molecule has 0 unspecified atom stereocenters. The van der Waals surface area contributed by atoms with E-state index >= 15 is 0 Å². The van der Waals surface area contributed by atoms with E-state index in [9.17, 15) is 9.90 Å². The second-order valence-corrected chi connectivity index (χ2v) is 10.5. The van der Waals surface area contributed by atoms with Crippen molar-refractivity contribution in [3.05, 3.63) is 17.0 Å². The van der Waals surface area contributed by atoms with Gasteiger partial charge in [0.25, 0.3) is 0 Å². The zero-order valence-electron chi connectivity index (χ0n) is 17.7. The molecule has 0 atom stereocenters. The summed E-state index contributed by atoms with van der Waals surface area (Å²) in [5.74, 6) is 1.05. The minimum Gasteiger partial charge on any atom is -0.498 e. The molecule has 2 saturated carbocycles. The Morgan fingerprint density at radius 2 is 1.83 bits per heavy atom. The van der Waals surface area contributed by atoms with Gasteiger partial charge in [-0.3, -0.25) is 4.79 Å². The van der Waals surface area contributed by atoms with Crippen molar-refractivity contribution in [1.29, 1.82) is 0 Å². The molecule has 0 spiro atoms. The topological polar surface area (TPSA) is 66.6 Å². The fourth-order valence-corrected chi connectivity index (χ4v) is 6.28. The van der Waals surface area contributed by atoms with E-state index in [0.717, 1.165) is 80.7 Å². The summed E-state index contributed by atoms with van der Waals surface area (Å²) in [4.78, 5) is 16.8. The van der Waals surface area contributed by atoms with Crippen LogP contribution in [0.2, 0.25) is 0 Å². The van der Waals surface area contributed by atoms with Crippen LogP contribution in [0.3, 0.4) is 0 Å². The first-order chi connectivity index (χ1) is 14.0. The van der Waals surface area contributed by atoms with Gasteiger partial charge in [-0.05, 0) is 94.6 Å². The molecule has 4 nitrogen and oxygen atoms in total. The first kappa shape index (κ1) is 20.9. The van der Waals surface area contributed by atoms with E-state index in [1.54, 1.807) is 0 Å². The summed E-state index contributed by atoms with van der Waals surface area (Å²) in [6.45, 7) is 2.29. The third kappa shape index (κ3) is 4.72. The summed E-state index contributed by atoms with van der Waals surface area (Å²) in [5, 5.41) is 11.2. The molecule has 1 heterocycles. The van der Waals surface area contributed by atoms with Crippen LogP contribution in [0.5, 0.6) is 5.06 Å². The number of carbonyl (C=O) groups excluding carboxylic acids is 1. The minimum atomic E-state index is 0.0958. The highest BCUT2D eigenvalue weighted by atomic mass is 32.1. The highest BCUT2D eigenvalue weighted by Crippen LogP contribution is 2.45. The Hall–Kier alpha value is -1.33. The Bertz CT molecular complexity index is 740. The maximum absolute atomic E-state index is 13.7. The lowest BCUT2D eigenvalue weighted by atomic mass is 9.81. The Balaban J connectivity index is 1.62. The van der Waals surface area contributed by atoms with E-state index in [1.165, 1.54) is 29.8 Å². The zero-order valence-corrected chi connectivity index (χ0v) is 18.6. The monoisotopic (exact) mass is 416 g/mol. The van der Waals surface area contributed by atoms with Crippen molar-refractivity contribution < 1.29 is 9.90 Å². The maximum Gasteiger partial charge on any atom is 0.230 e. The predicted octanol–water partition coefficient (Wildman–Crippen LogP) is 5.84. The van der Waals surface area contributed by atoms with Crippen LogP contribution in [0.25, 0.3) is 5.57 Å². The number of thiophene rings is 1. The number of hydrogen-bond acceptors (Lipinski definition) is 4. The third-order valence-electron chi connectivity index (χ3n) is 7.27. The molecule has 1 aromatic heterocycles. The van der Waals surface area contributed by atoms with E-state index in [4.69, 9.17) is 5.73 Å². The van der Waals surface area contributed by atoms with Crippen molar-refractivity contribution in [1.82, 2.24) is 0 Å². The SMILES string of the molecule is CC1CCC(C(=O)N(c2cc(C3=CCCCC3)sc2O)C2CCC(N)CC2)CC1. The smallest absolute Gasteiger partial charge is 0.230 e. The van der Waals surface area contributed by atoms with Gasteiger partial charge in [0.2, 0.25) is 5.91 Å². The van der Waals surface area contributed by atoms with Crippen molar-refractivity contribution in [2.24, 2.45) is 17.6 Å². The fourth-order valence-electron chi connectivity index (χ4n) is 5.32. The molecule has 0 aromatic carbocycles. The van der Waals surface area contributed by atoms with E-state index in [2.05, 4.69) is 19.1 Å². The number of nitrogens with zero attached hydrogens (tertiary/aromatic N) is 1. The molecule has 0 bridgehead atoms. The number of rotatable bonds is 4. The van der Waals surface area contributed by atoms with Crippen molar-refractivity contribution in [2.45, 2.75) is 96.1 Å². The molecule has 0 saturated heterocycles. The molecular weight excluding hydrogens is 380 g/mol. The van der Waals surface area contributed by atoms with Crippen LogP contribution in [0.15, 0.2) is 12.1 Å². The Labute approximate surface area is 179 Å². The summed E-state index contributed by atoms with van der Waals surface area (Å²) >= 11 is 1.45. The second kappa shape index (κ2) is 9.22. The third-order valence-corrected chi connectivity index (χ3v) is 8.27.